The molecule has 0 fully saturated rings. The van der Waals surface area contributed by atoms with Crippen LogP contribution in [0.15, 0.2) is 44.7 Å². The minimum Gasteiger partial charge on any atom is -0.477 e. The summed E-state index contributed by atoms with van der Waals surface area (Å²) < 4.78 is 14.2. The molecule has 0 N–H and O–H groups in total. The van der Waals surface area contributed by atoms with E-state index in [1.54, 1.807) is 19.2 Å². The van der Waals surface area contributed by atoms with Gasteiger partial charge in [-0.2, -0.15) is 9.78 Å². The number of benzene rings is 2. The van der Waals surface area contributed by atoms with Crippen molar-refractivity contribution in [1.29, 1.82) is 0 Å². The smallest absolute Gasteiger partial charge is 0.346 e. The molecule has 7 nitrogen and oxygen atoms in total. The van der Waals surface area contributed by atoms with Crippen LogP contribution in [0.5, 0.6) is 5.75 Å². The Bertz CT molecular complexity index is 1220. The molecule has 162 valence electrons. The van der Waals surface area contributed by atoms with Gasteiger partial charge in [-0.25, -0.2) is 9.78 Å². The fourth-order valence-electron chi connectivity index (χ4n) is 2.82. The Labute approximate surface area is 214 Å². The number of hydrogen-bond acceptors (Lipinski definition) is 6. The maximum absolute atomic E-state index is 13.0. The summed E-state index contributed by atoms with van der Waals surface area (Å²) in [5, 5.41) is 4.91. The van der Waals surface area contributed by atoms with Crippen LogP contribution < -0.4 is 10.3 Å². The minimum atomic E-state index is -0.722. The first-order valence-corrected chi connectivity index (χ1v) is 12.2. The average Bonchev–Trinajstić information content (AvgIpc) is 2.75. The Morgan fingerprint density at radius 1 is 1.29 bits per heavy atom. The number of carbonyl (C=O) groups is 1. The summed E-state index contributed by atoms with van der Waals surface area (Å²) in [4.78, 5) is 29.2. The Morgan fingerprint density at radius 3 is 2.58 bits per heavy atom. The number of halogens is 3. The second-order valence-corrected chi connectivity index (χ2v) is 9.74. The molecule has 3 aromatic rings. The molecule has 0 aliphatic rings. The van der Waals surface area contributed by atoms with Crippen molar-refractivity contribution in [2.75, 3.05) is 7.11 Å². The highest BCUT2D eigenvalue weighted by Gasteiger charge is 2.18. The number of nitrogens with zero attached hydrogens (tertiary/aromatic N) is 3. The Balaban J connectivity index is 1.98. The monoisotopic (exact) mass is 709 g/mol. The van der Waals surface area contributed by atoms with Crippen molar-refractivity contribution in [3.63, 3.8) is 0 Å². The molecule has 1 atom stereocenters. The largest absolute Gasteiger partial charge is 0.477 e. The van der Waals surface area contributed by atoms with Gasteiger partial charge in [0, 0.05) is 10.9 Å². The molecule has 0 aliphatic carbocycles. The first-order valence-electron chi connectivity index (χ1n) is 9.24. The van der Waals surface area contributed by atoms with Crippen molar-refractivity contribution in [3.8, 4) is 5.75 Å². The van der Waals surface area contributed by atoms with Crippen LogP contribution in [0.1, 0.15) is 25.2 Å². The van der Waals surface area contributed by atoms with Crippen molar-refractivity contribution in [3.05, 3.63) is 63.7 Å². The topological polar surface area (TPSA) is 82.8 Å². The zero-order valence-corrected chi connectivity index (χ0v) is 22.8. The molecule has 0 spiro atoms. The lowest BCUT2D eigenvalue weighted by molar-refractivity contribution is -0.147. The van der Waals surface area contributed by atoms with E-state index in [-0.39, 0.29) is 5.56 Å². The maximum atomic E-state index is 13.0. The minimum absolute atomic E-state index is 0.226. The van der Waals surface area contributed by atoms with Crippen molar-refractivity contribution >= 4 is 84.2 Å². The first kappa shape index (κ1) is 24.1. The van der Waals surface area contributed by atoms with Gasteiger partial charge in [0.1, 0.15) is 11.6 Å². The molecule has 0 radical (unpaired) electrons. The summed E-state index contributed by atoms with van der Waals surface area (Å²) in [5.74, 6) is 0.728. The molecular formula is C21H18BrI2N3O4. The van der Waals surface area contributed by atoms with Gasteiger partial charge < -0.3 is 9.47 Å². The summed E-state index contributed by atoms with van der Waals surface area (Å²) >= 11 is 7.68. The molecule has 1 heterocycles. The molecule has 0 amide bonds. The molecule has 0 saturated carbocycles. The average molecular weight is 710 g/mol. The summed E-state index contributed by atoms with van der Waals surface area (Å²) in [6.07, 6.45) is 1.45. The Morgan fingerprint density at radius 2 is 1.97 bits per heavy atom. The van der Waals surface area contributed by atoms with Crippen molar-refractivity contribution in [2.24, 2.45) is 5.10 Å². The molecule has 1 aromatic heterocycles. The van der Waals surface area contributed by atoms with E-state index >= 15 is 0 Å². The highest BCUT2D eigenvalue weighted by atomic mass is 127. The predicted octanol–water partition coefficient (Wildman–Crippen LogP) is 4.75. The van der Waals surface area contributed by atoms with Gasteiger partial charge in [0.05, 0.1) is 31.4 Å². The van der Waals surface area contributed by atoms with E-state index in [1.807, 2.05) is 31.2 Å². The van der Waals surface area contributed by atoms with Crippen molar-refractivity contribution in [1.82, 2.24) is 9.66 Å². The van der Waals surface area contributed by atoms with E-state index in [0.717, 1.165) is 17.2 Å². The molecule has 0 saturated heterocycles. The van der Waals surface area contributed by atoms with E-state index in [2.05, 4.69) is 71.2 Å². The molecule has 0 bridgehead atoms. The third-order valence-corrected chi connectivity index (χ3v) is 6.46. The lowest BCUT2D eigenvalue weighted by atomic mass is 10.2. The fraction of sp³-hybridized carbons (Fsp3) is 0.238. The van der Waals surface area contributed by atoms with Crippen LogP contribution >= 0.6 is 61.1 Å². The van der Waals surface area contributed by atoms with Gasteiger partial charge in [-0.1, -0.05) is 22.9 Å². The first-order chi connectivity index (χ1) is 14.7. The fourth-order valence-corrected chi connectivity index (χ4v) is 5.26. The second-order valence-electron chi connectivity index (χ2n) is 6.50. The number of aryl methyl sites for hydroxylation is 1. The number of methoxy groups -OCH3 is 1. The quantitative estimate of drug-likeness (QED) is 0.210. The van der Waals surface area contributed by atoms with Gasteiger partial charge in [0.15, 0.2) is 6.10 Å². The maximum Gasteiger partial charge on any atom is 0.346 e. The van der Waals surface area contributed by atoms with Crippen LogP contribution in [0.4, 0.5) is 0 Å². The van der Waals surface area contributed by atoms with E-state index in [4.69, 9.17) is 9.47 Å². The second kappa shape index (κ2) is 10.4. The Kier molecular flexibility index (Phi) is 8.08. The SMILES string of the molecule is CCc1nc2ccc(Br)cc2c(=O)n1N=Cc1cc(I)c(O[C@@H](C)C(=O)OC)c(I)c1. The molecular weight excluding hydrogens is 692 g/mol. The lowest BCUT2D eigenvalue weighted by Gasteiger charge is -2.15. The van der Waals surface area contributed by atoms with Crippen LogP contribution in [0, 0.1) is 7.14 Å². The summed E-state index contributed by atoms with van der Waals surface area (Å²) in [5.41, 5.74) is 1.20. The molecule has 3 rings (SSSR count). The van der Waals surface area contributed by atoms with Crippen LogP contribution in [0.25, 0.3) is 10.9 Å². The number of hydrogen-bond donors (Lipinski definition) is 0. The molecule has 31 heavy (non-hydrogen) atoms. The summed E-state index contributed by atoms with van der Waals surface area (Å²) in [6, 6.07) is 9.15. The summed E-state index contributed by atoms with van der Waals surface area (Å²) in [6.45, 7) is 3.57. The molecule has 2 aromatic carbocycles. The van der Waals surface area contributed by atoms with Crippen molar-refractivity contribution in [2.45, 2.75) is 26.4 Å². The normalized spacial score (nSPS) is 12.3. The van der Waals surface area contributed by atoms with Gasteiger partial charge in [-0.05, 0) is 88.0 Å². The highest BCUT2D eigenvalue weighted by molar-refractivity contribution is 14.1. The number of ether oxygens (including phenoxy) is 2. The number of fused-ring (bicyclic) bond motifs is 1. The van der Waals surface area contributed by atoms with Crippen LogP contribution in [-0.2, 0) is 16.0 Å². The van der Waals surface area contributed by atoms with Crippen molar-refractivity contribution < 1.29 is 14.3 Å². The number of esters is 1. The molecule has 0 aliphatic heterocycles. The van der Waals surface area contributed by atoms with Crippen LogP contribution in [0.2, 0.25) is 0 Å². The van der Waals surface area contributed by atoms with Gasteiger partial charge >= 0.3 is 5.97 Å². The zero-order chi connectivity index (χ0) is 22.7. The van der Waals surface area contributed by atoms with Gasteiger partial charge in [0.25, 0.3) is 5.56 Å². The van der Waals surface area contributed by atoms with E-state index in [0.29, 0.717) is 28.9 Å². The third kappa shape index (κ3) is 5.45. The van der Waals surface area contributed by atoms with Crippen LogP contribution in [-0.4, -0.2) is 35.1 Å². The number of aromatic nitrogens is 2. The highest BCUT2D eigenvalue weighted by Crippen LogP contribution is 2.29. The Hall–Kier alpha value is -1.54. The predicted molar refractivity (Wildman–Crippen MR) is 140 cm³/mol. The third-order valence-electron chi connectivity index (χ3n) is 4.36. The van der Waals surface area contributed by atoms with Crippen LogP contribution in [0.3, 0.4) is 0 Å². The zero-order valence-electron chi connectivity index (χ0n) is 16.9. The molecule has 10 heteroatoms. The van der Waals surface area contributed by atoms with E-state index < -0.39 is 12.1 Å². The lowest BCUT2D eigenvalue weighted by Crippen LogP contribution is -2.25. The van der Waals surface area contributed by atoms with E-state index in [1.165, 1.54) is 11.8 Å². The van der Waals surface area contributed by atoms with Gasteiger partial charge in [0.2, 0.25) is 0 Å². The van der Waals surface area contributed by atoms with Gasteiger partial charge in [-0.3, -0.25) is 4.79 Å². The molecule has 0 unspecified atom stereocenters. The number of rotatable bonds is 6. The summed E-state index contributed by atoms with van der Waals surface area (Å²) in [7, 11) is 1.32. The van der Waals surface area contributed by atoms with E-state index in [9.17, 15) is 9.59 Å². The number of carbonyl (C=O) groups excluding carboxylic acids is 1. The standard InChI is InChI=1S/C21H18BrI2N3O4/c1-4-18-26-17-6-5-13(22)9-14(17)20(28)27(18)25-10-12-7-15(23)19(16(24)8-12)31-11(2)21(29)30-3/h5-11H,4H2,1-3H3/t11-/m0/s1. The van der Waals surface area contributed by atoms with Gasteiger partial charge in [-0.15, -0.1) is 0 Å².